The zero-order valence-electron chi connectivity index (χ0n) is 15.7. The summed E-state index contributed by atoms with van der Waals surface area (Å²) in [5.74, 6) is 1.59. The number of hydrogen-bond donors (Lipinski definition) is 2. The summed E-state index contributed by atoms with van der Waals surface area (Å²) in [6, 6.07) is 17.4. The summed E-state index contributed by atoms with van der Waals surface area (Å²) in [7, 11) is 0. The first-order chi connectivity index (χ1) is 12.9. The van der Waals surface area contributed by atoms with E-state index in [9.17, 15) is 4.79 Å². The summed E-state index contributed by atoms with van der Waals surface area (Å²) in [5.41, 5.74) is 3.74. The van der Waals surface area contributed by atoms with Gasteiger partial charge in [-0.3, -0.25) is 4.79 Å². The number of anilines is 2. The molecular weight excluding hydrogens is 360 g/mol. The lowest BCUT2D eigenvalue weighted by Crippen LogP contribution is -2.17. The van der Waals surface area contributed by atoms with Gasteiger partial charge >= 0.3 is 0 Å². The minimum absolute atomic E-state index is 0.00929. The standard InChI is InChI=1S/C22H23ClN2O2/c1-14(2)22(26)25-18-8-6-17(7-9-18)24-13-19-10-11-21(27-19)16-5-4-15(3)20(23)12-16/h4-12,14,24H,13H2,1-3H3,(H,25,26). The van der Waals surface area contributed by atoms with E-state index in [0.29, 0.717) is 6.54 Å². The molecule has 0 atom stereocenters. The second-order valence-corrected chi connectivity index (χ2v) is 7.21. The van der Waals surface area contributed by atoms with Gasteiger partial charge in [0.05, 0.1) is 6.54 Å². The minimum atomic E-state index is -0.0423. The maximum absolute atomic E-state index is 11.7. The molecule has 0 saturated heterocycles. The van der Waals surface area contributed by atoms with Crippen molar-refractivity contribution in [2.45, 2.75) is 27.3 Å². The van der Waals surface area contributed by atoms with E-state index in [1.54, 1.807) is 0 Å². The van der Waals surface area contributed by atoms with Crippen LogP contribution in [0, 0.1) is 12.8 Å². The van der Waals surface area contributed by atoms with Gasteiger partial charge in [-0.15, -0.1) is 0 Å². The number of halogens is 1. The number of aryl methyl sites for hydroxylation is 1. The molecule has 0 spiro atoms. The van der Waals surface area contributed by atoms with Crippen LogP contribution in [0.4, 0.5) is 11.4 Å². The van der Waals surface area contributed by atoms with Crippen molar-refractivity contribution in [2.75, 3.05) is 10.6 Å². The Morgan fingerprint density at radius 3 is 2.41 bits per heavy atom. The first-order valence-electron chi connectivity index (χ1n) is 8.92. The molecule has 2 aromatic carbocycles. The molecule has 27 heavy (non-hydrogen) atoms. The van der Waals surface area contributed by atoms with Gasteiger partial charge in [0.15, 0.2) is 0 Å². The highest BCUT2D eigenvalue weighted by Crippen LogP contribution is 2.27. The van der Waals surface area contributed by atoms with Gasteiger partial charge in [-0.25, -0.2) is 0 Å². The van der Waals surface area contributed by atoms with Crippen molar-refractivity contribution >= 4 is 28.9 Å². The van der Waals surface area contributed by atoms with Gasteiger partial charge in [-0.2, -0.15) is 0 Å². The van der Waals surface area contributed by atoms with Crippen LogP contribution in [0.2, 0.25) is 5.02 Å². The Labute approximate surface area is 164 Å². The Kier molecular flexibility index (Phi) is 5.87. The van der Waals surface area contributed by atoms with Crippen LogP contribution in [0.3, 0.4) is 0 Å². The molecule has 0 fully saturated rings. The van der Waals surface area contributed by atoms with Crippen molar-refractivity contribution in [1.29, 1.82) is 0 Å². The highest BCUT2D eigenvalue weighted by atomic mass is 35.5. The number of hydrogen-bond acceptors (Lipinski definition) is 3. The predicted octanol–water partition coefficient (Wildman–Crippen LogP) is 6.12. The first kappa shape index (κ1) is 19.1. The molecule has 0 aliphatic heterocycles. The Morgan fingerprint density at radius 2 is 1.74 bits per heavy atom. The first-order valence-corrected chi connectivity index (χ1v) is 9.30. The fourth-order valence-corrected chi connectivity index (χ4v) is 2.70. The van der Waals surface area contributed by atoms with Crippen molar-refractivity contribution in [2.24, 2.45) is 5.92 Å². The molecule has 0 aliphatic rings. The molecule has 0 bridgehead atoms. The number of carbonyl (C=O) groups is 1. The smallest absolute Gasteiger partial charge is 0.226 e. The van der Waals surface area contributed by atoms with Crippen molar-refractivity contribution < 1.29 is 9.21 Å². The molecule has 5 heteroatoms. The molecule has 3 rings (SSSR count). The fourth-order valence-electron chi connectivity index (χ4n) is 2.52. The zero-order valence-corrected chi connectivity index (χ0v) is 16.4. The van der Waals surface area contributed by atoms with Crippen LogP contribution in [-0.4, -0.2) is 5.91 Å². The molecule has 140 valence electrons. The van der Waals surface area contributed by atoms with Crippen molar-refractivity contribution in [3.8, 4) is 11.3 Å². The third-order valence-electron chi connectivity index (χ3n) is 4.26. The summed E-state index contributed by atoms with van der Waals surface area (Å²) in [6.07, 6.45) is 0. The third-order valence-corrected chi connectivity index (χ3v) is 4.67. The van der Waals surface area contributed by atoms with Crippen LogP contribution in [0.1, 0.15) is 25.2 Å². The summed E-state index contributed by atoms with van der Waals surface area (Å²) < 4.78 is 5.91. The van der Waals surface area contributed by atoms with Crippen molar-refractivity contribution in [1.82, 2.24) is 0 Å². The van der Waals surface area contributed by atoms with Gasteiger partial charge in [-0.1, -0.05) is 37.6 Å². The van der Waals surface area contributed by atoms with E-state index in [-0.39, 0.29) is 11.8 Å². The van der Waals surface area contributed by atoms with Gasteiger partial charge in [0.25, 0.3) is 0 Å². The number of furan rings is 1. The Hall–Kier alpha value is -2.72. The number of nitrogens with one attached hydrogen (secondary N) is 2. The summed E-state index contributed by atoms with van der Waals surface area (Å²) >= 11 is 6.19. The molecule has 1 amide bonds. The largest absolute Gasteiger partial charge is 0.459 e. The summed E-state index contributed by atoms with van der Waals surface area (Å²) in [6.45, 7) is 6.28. The minimum Gasteiger partial charge on any atom is -0.459 e. The lowest BCUT2D eigenvalue weighted by Gasteiger charge is -2.09. The van der Waals surface area contributed by atoms with E-state index in [1.165, 1.54) is 0 Å². The van der Waals surface area contributed by atoms with Gasteiger partial charge in [0.1, 0.15) is 11.5 Å². The second-order valence-electron chi connectivity index (χ2n) is 6.80. The second kappa shape index (κ2) is 8.31. The van der Waals surface area contributed by atoms with Crippen LogP contribution in [0.25, 0.3) is 11.3 Å². The van der Waals surface area contributed by atoms with Gasteiger partial charge in [0, 0.05) is 27.9 Å². The predicted molar refractivity (Wildman–Crippen MR) is 111 cm³/mol. The normalized spacial score (nSPS) is 10.9. The van der Waals surface area contributed by atoms with Crippen LogP contribution in [-0.2, 0) is 11.3 Å². The molecular formula is C22H23ClN2O2. The van der Waals surface area contributed by atoms with Crippen molar-refractivity contribution in [3.05, 3.63) is 70.9 Å². The quantitative estimate of drug-likeness (QED) is 0.540. The van der Waals surface area contributed by atoms with Gasteiger partial charge < -0.3 is 15.1 Å². The average Bonchev–Trinajstić information content (AvgIpc) is 3.12. The van der Waals surface area contributed by atoms with Gasteiger partial charge in [-0.05, 0) is 55.0 Å². The molecule has 2 N–H and O–H groups in total. The van der Waals surface area contributed by atoms with E-state index in [1.807, 2.05) is 75.4 Å². The Balaban J connectivity index is 1.60. The highest BCUT2D eigenvalue weighted by Gasteiger charge is 2.08. The molecule has 4 nitrogen and oxygen atoms in total. The fraction of sp³-hybridized carbons (Fsp3) is 0.227. The van der Waals surface area contributed by atoms with Crippen LogP contribution >= 0.6 is 11.6 Å². The molecule has 1 heterocycles. The van der Waals surface area contributed by atoms with Crippen LogP contribution in [0.5, 0.6) is 0 Å². The lowest BCUT2D eigenvalue weighted by molar-refractivity contribution is -0.118. The highest BCUT2D eigenvalue weighted by molar-refractivity contribution is 6.31. The lowest BCUT2D eigenvalue weighted by atomic mass is 10.1. The number of amides is 1. The maximum Gasteiger partial charge on any atom is 0.226 e. The molecule has 0 radical (unpaired) electrons. The summed E-state index contributed by atoms with van der Waals surface area (Å²) in [4.78, 5) is 11.7. The topological polar surface area (TPSA) is 54.3 Å². The SMILES string of the molecule is Cc1ccc(-c2ccc(CNc3ccc(NC(=O)C(C)C)cc3)o2)cc1Cl. The zero-order chi connectivity index (χ0) is 19.4. The van der Waals surface area contributed by atoms with Gasteiger partial charge in [0.2, 0.25) is 5.91 Å². The number of rotatable bonds is 6. The molecule has 0 unspecified atom stereocenters. The number of benzene rings is 2. The number of carbonyl (C=O) groups excluding carboxylic acids is 1. The van der Waals surface area contributed by atoms with E-state index < -0.39 is 0 Å². The van der Waals surface area contributed by atoms with E-state index in [2.05, 4.69) is 10.6 Å². The molecule has 1 aromatic heterocycles. The summed E-state index contributed by atoms with van der Waals surface area (Å²) in [5, 5.41) is 6.92. The van der Waals surface area contributed by atoms with Crippen LogP contribution < -0.4 is 10.6 Å². The van der Waals surface area contributed by atoms with E-state index in [4.69, 9.17) is 16.0 Å². The van der Waals surface area contributed by atoms with Crippen molar-refractivity contribution in [3.63, 3.8) is 0 Å². The maximum atomic E-state index is 11.7. The molecule has 0 saturated carbocycles. The average molecular weight is 383 g/mol. The Bertz CT molecular complexity index is 930. The third kappa shape index (κ3) is 4.92. The molecule has 0 aliphatic carbocycles. The van der Waals surface area contributed by atoms with Crippen LogP contribution in [0.15, 0.2) is 59.0 Å². The molecule has 3 aromatic rings. The van der Waals surface area contributed by atoms with E-state index >= 15 is 0 Å². The monoisotopic (exact) mass is 382 g/mol. The van der Waals surface area contributed by atoms with E-state index in [0.717, 1.165) is 39.0 Å². The Morgan fingerprint density at radius 1 is 1.04 bits per heavy atom.